The van der Waals surface area contributed by atoms with E-state index < -0.39 is 243 Å². The predicted molar refractivity (Wildman–Crippen MR) is 353 cm³/mol. The molecule has 0 aromatic heterocycles. The van der Waals surface area contributed by atoms with Gasteiger partial charge in [-0.05, 0) is 117 Å². The van der Waals surface area contributed by atoms with Gasteiger partial charge in [-0.2, -0.15) is 0 Å². The second-order valence-corrected chi connectivity index (χ2v) is 26.9. The fourth-order valence-corrected chi connectivity index (χ4v) is 13.0. The topological polar surface area (TPSA) is 519 Å². The van der Waals surface area contributed by atoms with Crippen LogP contribution in [0.5, 0.6) is 46.0 Å². The third-order valence-electron chi connectivity index (χ3n) is 17.8. The van der Waals surface area contributed by atoms with E-state index in [-0.39, 0.29) is 39.8 Å². The Morgan fingerprint density at radius 2 is 1.32 bits per heavy atom. The third-order valence-corrected chi connectivity index (χ3v) is 18.4. The molecule has 11 bridgehead atoms. The Morgan fingerprint density at radius 1 is 0.716 bits per heavy atom. The molecule has 5 aromatic rings. The van der Waals surface area contributed by atoms with E-state index in [0.29, 0.717) is 0 Å². The lowest BCUT2D eigenvalue weighted by Crippen LogP contribution is -2.60. The summed E-state index contributed by atoms with van der Waals surface area (Å²) in [6, 6.07) is -0.470. The van der Waals surface area contributed by atoms with Crippen LogP contribution in [0.25, 0.3) is 11.1 Å². The number of ether oxygens (including phenoxy) is 6. The number of nitrogens with two attached hydrogens (primary N) is 2. The third kappa shape index (κ3) is 15.8. The van der Waals surface area contributed by atoms with Crippen molar-refractivity contribution in [3.8, 4) is 57.1 Å². The van der Waals surface area contributed by atoms with Crippen molar-refractivity contribution < 1.29 is 118 Å². The minimum absolute atomic E-state index is 0.0929. The summed E-state index contributed by atoms with van der Waals surface area (Å²) in [6.45, 7) is 5.44. The number of carbonyl (C=O) groups is 9. The maximum Gasteiger partial charge on any atom is 0.330 e. The SMILES string of the molecule is CC(C)CC(C(=O)NC1C(=O)NC(CC(N)=O)C(=O)NC2C(=O)NC3C(=O)NC(C(=O)NC(C(=O)O)c4cc(O)cc(O)c4-c4cc3ccc4O)C(OC3CC(C)(N)C(=O)C(C)O3)c3ccc(c(Cl)c3)Oc3cc2cc(c3OC2OC(CO)C(O)C(O)C2O)Oc2ccc(cc2Cl)C1O)N(C)C. The predicted octanol–water partition coefficient (Wildman–Crippen LogP) is 0.657. The van der Waals surface area contributed by atoms with Gasteiger partial charge in [-0.1, -0.05) is 55.2 Å². The fraction of sp³-hybridized carbons (Fsp3) is 0.418. The Hall–Kier alpha value is -9.49. The number of halogens is 2. The number of aliphatic hydroxyl groups is 5. The molecule has 7 heterocycles. The van der Waals surface area contributed by atoms with Gasteiger partial charge >= 0.3 is 5.97 Å². The number of rotatable bonds is 13. The summed E-state index contributed by atoms with van der Waals surface area (Å²) in [5.74, 6) is -16.6. The van der Waals surface area contributed by atoms with Gasteiger partial charge in [0.2, 0.25) is 53.4 Å². The molecule has 0 aliphatic carbocycles. The van der Waals surface area contributed by atoms with Crippen molar-refractivity contribution in [1.82, 2.24) is 36.8 Å². The number of amides is 7. The second kappa shape index (κ2) is 30.2. The van der Waals surface area contributed by atoms with Gasteiger partial charge in [0, 0.05) is 29.2 Å². The average Bonchev–Trinajstić information content (AvgIpc) is 0.764. The van der Waals surface area contributed by atoms with Crippen molar-refractivity contribution in [2.75, 3.05) is 20.7 Å². The number of nitrogens with zero attached hydrogens (tertiary/aromatic N) is 1. The number of carboxylic acids is 1. The van der Waals surface area contributed by atoms with Crippen molar-refractivity contribution in [2.24, 2.45) is 17.4 Å². The standard InChI is InChI=1S/C67H75Cl2N9O24/c1-24(2)13-36(78(5)6)60(90)76-50-52(84)27-8-11-39(33(68)15-27)98-41-17-29-18-42(57(41)102-66-55(87)54(86)53(85)43(23-79)100-66)99-40-12-9-28(16-34(40)69)56(101-45-22-67(4,71)58(88)25(3)97-45)51-64(94)75-49(65(95)96)32-19-30(80)20-38(82)46(32)31-14-26(7-10-37(31)81)47(61(91)77-51)74-62(92)48(29)73-59(89)35(21-44(70)83)72-63(50)93/h7-12,14-20,24-25,35-36,43,45,47-56,66,79-82,84-87H,13,21-23,71H2,1-6H3,(H2,70,83)(H,72,93)(H,73,89)(H,74,92)(H,75,94)(H,76,90)(H,77,91)(H,95,96). The maximum absolute atomic E-state index is 16.1. The molecule has 7 amide bonds. The molecule has 12 rings (SSSR count). The molecule has 0 saturated carbocycles. The zero-order chi connectivity index (χ0) is 74.4. The molecule has 546 valence electrons. The van der Waals surface area contributed by atoms with E-state index in [2.05, 4.69) is 31.9 Å². The highest BCUT2D eigenvalue weighted by Gasteiger charge is 2.49. The summed E-state index contributed by atoms with van der Waals surface area (Å²) in [5.41, 5.74) is 7.82. The minimum atomic E-state index is -2.35. The van der Waals surface area contributed by atoms with Crippen molar-refractivity contribution in [3.63, 3.8) is 0 Å². The summed E-state index contributed by atoms with van der Waals surface area (Å²) < 4.78 is 37.8. The van der Waals surface area contributed by atoms with Crippen LogP contribution in [0.4, 0.5) is 0 Å². The Kier molecular flexibility index (Phi) is 22.3. The van der Waals surface area contributed by atoms with Crippen molar-refractivity contribution in [1.29, 1.82) is 0 Å². The lowest BCUT2D eigenvalue weighted by molar-refractivity contribution is -0.277. The summed E-state index contributed by atoms with van der Waals surface area (Å²) in [5, 5.41) is 115. The van der Waals surface area contributed by atoms with E-state index >= 15 is 19.2 Å². The number of aromatic hydroxyl groups is 3. The summed E-state index contributed by atoms with van der Waals surface area (Å²) >= 11 is 14.2. The van der Waals surface area contributed by atoms with Gasteiger partial charge in [-0.15, -0.1) is 0 Å². The van der Waals surface area contributed by atoms with E-state index in [0.717, 1.165) is 60.7 Å². The molecule has 33 nitrogen and oxygen atoms in total. The Morgan fingerprint density at radius 3 is 1.92 bits per heavy atom. The summed E-state index contributed by atoms with van der Waals surface area (Å²) in [4.78, 5) is 134. The number of phenolic OH excluding ortho intramolecular Hbond substituents is 3. The molecular weight excluding hydrogens is 1390 g/mol. The van der Waals surface area contributed by atoms with Gasteiger partial charge in [0.05, 0.1) is 34.7 Å². The number of likely N-dealkylation sites (N-methyl/N-ethyl adjacent to an activating group) is 1. The van der Waals surface area contributed by atoms with E-state index in [1.165, 1.54) is 32.0 Å². The van der Waals surface area contributed by atoms with Gasteiger partial charge in [0.25, 0.3) is 0 Å². The first kappa shape index (κ1) is 75.2. The number of carboxylic acid groups (broad SMARTS) is 1. The molecule has 2 fully saturated rings. The molecule has 7 aliphatic heterocycles. The van der Waals surface area contributed by atoms with Crippen LogP contribution in [0.2, 0.25) is 10.0 Å². The molecule has 2 saturated heterocycles. The number of hydrogen-bond acceptors (Lipinski definition) is 25. The quantitative estimate of drug-likeness (QED) is 0.0770. The number of Topliss-reactive ketones (excluding diaryl/α,β-unsaturated/α-hetero) is 1. The number of ketones is 1. The van der Waals surface area contributed by atoms with Crippen molar-refractivity contribution >= 4 is 76.3 Å². The highest BCUT2D eigenvalue weighted by atomic mass is 35.5. The Balaban J connectivity index is 1.26. The van der Waals surface area contributed by atoms with E-state index in [4.69, 9.17) is 63.1 Å². The number of phenols is 3. The van der Waals surface area contributed by atoms with Crippen LogP contribution < -0.4 is 57.6 Å². The number of nitrogens with one attached hydrogen (secondary N) is 6. The largest absolute Gasteiger partial charge is 0.508 e. The van der Waals surface area contributed by atoms with Crippen LogP contribution in [0, 0.1) is 5.92 Å². The smallest absolute Gasteiger partial charge is 0.330 e. The first-order valence-corrected chi connectivity index (χ1v) is 32.6. The first-order valence-electron chi connectivity index (χ1n) is 31.8. The van der Waals surface area contributed by atoms with Gasteiger partial charge in [-0.3, -0.25) is 43.3 Å². The zero-order valence-corrected chi connectivity index (χ0v) is 56.7. The number of benzene rings is 5. The molecule has 35 heteroatoms. The number of primary amides is 1. The number of aliphatic carboxylic acids is 1. The van der Waals surface area contributed by atoms with Crippen LogP contribution in [0.3, 0.4) is 0 Å². The summed E-state index contributed by atoms with van der Waals surface area (Å²) in [6.07, 6.45) is -18.1. The van der Waals surface area contributed by atoms with E-state index in [9.17, 15) is 69.9 Å². The van der Waals surface area contributed by atoms with Crippen LogP contribution in [0.1, 0.15) is 105 Å². The second-order valence-electron chi connectivity index (χ2n) is 26.1. The van der Waals surface area contributed by atoms with Crippen LogP contribution in [0.15, 0.2) is 78.9 Å². The Bertz CT molecular complexity index is 4160. The van der Waals surface area contributed by atoms with E-state index in [1.807, 2.05) is 13.8 Å². The van der Waals surface area contributed by atoms with Gasteiger partial charge < -0.3 is 118 Å². The van der Waals surface area contributed by atoms with Crippen molar-refractivity contribution in [3.05, 3.63) is 117 Å². The maximum atomic E-state index is 16.1. The lowest BCUT2D eigenvalue weighted by atomic mass is 9.88. The van der Waals surface area contributed by atoms with Crippen LogP contribution >= 0.6 is 23.2 Å². The normalized spacial score (nSPS) is 28.6. The highest BCUT2D eigenvalue weighted by Crippen LogP contribution is 2.50. The number of aliphatic hydroxyl groups excluding tert-OH is 5. The lowest BCUT2D eigenvalue weighted by Gasteiger charge is -2.40. The molecule has 102 heavy (non-hydrogen) atoms. The van der Waals surface area contributed by atoms with Crippen LogP contribution in [-0.4, -0.2) is 197 Å². The zero-order valence-electron chi connectivity index (χ0n) is 55.2. The molecule has 17 atom stereocenters. The summed E-state index contributed by atoms with van der Waals surface area (Å²) in [7, 11) is 3.19. The Labute approximate surface area is 590 Å². The molecular formula is C67H75Cl2N9O24. The van der Waals surface area contributed by atoms with Gasteiger partial charge in [-0.25, -0.2) is 4.79 Å². The minimum Gasteiger partial charge on any atom is -0.508 e. The number of hydrogen-bond donors (Lipinski definition) is 17. The van der Waals surface area contributed by atoms with E-state index in [1.54, 1.807) is 19.0 Å². The fourth-order valence-electron chi connectivity index (χ4n) is 12.5. The monoisotopic (exact) mass is 1460 g/mol. The van der Waals surface area contributed by atoms with Crippen LogP contribution in [-0.2, 0) is 57.4 Å². The van der Waals surface area contributed by atoms with Crippen molar-refractivity contribution in [2.45, 2.75) is 150 Å². The first-order chi connectivity index (χ1) is 48.0. The average molecular weight is 1460 g/mol. The molecule has 17 unspecified atom stereocenters. The van der Waals surface area contributed by atoms with Gasteiger partial charge in [0.1, 0.15) is 102 Å². The highest BCUT2D eigenvalue weighted by molar-refractivity contribution is 6.32. The number of fused-ring (bicyclic) bond motifs is 15. The molecule has 0 spiro atoms. The molecule has 19 N–H and O–H groups in total. The molecule has 5 aromatic carbocycles. The van der Waals surface area contributed by atoms with Gasteiger partial charge in [0.15, 0.2) is 29.6 Å². The number of carbonyl (C=O) groups excluding carboxylic acids is 8. The molecule has 7 aliphatic rings. The molecule has 0 radical (unpaired) electrons.